The van der Waals surface area contributed by atoms with Crippen LogP contribution < -0.4 is 11.1 Å². The number of amides is 2. The second-order valence-electron chi connectivity index (χ2n) is 4.59. The predicted molar refractivity (Wildman–Crippen MR) is 61.6 cm³/mol. The first-order valence-electron chi connectivity index (χ1n) is 5.82. The Hall–Kier alpha value is -1.10. The highest BCUT2D eigenvalue weighted by Gasteiger charge is 2.27. The zero-order chi connectivity index (χ0) is 12.1. The van der Waals surface area contributed by atoms with E-state index in [4.69, 9.17) is 5.73 Å². The second-order valence-corrected chi connectivity index (χ2v) is 4.59. The van der Waals surface area contributed by atoms with E-state index in [0.29, 0.717) is 0 Å². The van der Waals surface area contributed by atoms with Gasteiger partial charge in [0.2, 0.25) is 11.8 Å². The Bertz CT molecular complexity index is 260. The van der Waals surface area contributed by atoms with Crippen LogP contribution in [0.4, 0.5) is 0 Å². The number of piperidine rings is 1. The van der Waals surface area contributed by atoms with Crippen LogP contribution in [0.15, 0.2) is 0 Å². The zero-order valence-corrected chi connectivity index (χ0v) is 10.0. The molecule has 1 aliphatic heterocycles. The molecule has 5 heteroatoms. The quantitative estimate of drug-likeness (QED) is 0.693. The first kappa shape index (κ1) is 13.0. The fraction of sp³-hybridized carbons (Fsp3) is 0.818. The molecule has 1 rings (SSSR count). The van der Waals surface area contributed by atoms with Crippen LogP contribution in [0.5, 0.6) is 0 Å². The number of nitrogens with zero attached hydrogens (tertiary/aromatic N) is 1. The molecule has 5 nitrogen and oxygen atoms in total. The van der Waals surface area contributed by atoms with Gasteiger partial charge >= 0.3 is 0 Å². The summed E-state index contributed by atoms with van der Waals surface area (Å²) >= 11 is 0. The van der Waals surface area contributed by atoms with Crippen LogP contribution in [0, 0.1) is 5.92 Å². The van der Waals surface area contributed by atoms with Gasteiger partial charge < -0.3 is 16.0 Å². The number of nitrogens with one attached hydrogen (secondary N) is 1. The van der Waals surface area contributed by atoms with Crippen LogP contribution >= 0.6 is 0 Å². The summed E-state index contributed by atoms with van der Waals surface area (Å²) < 4.78 is 0. The van der Waals surface area contributed by atoms with E-state index >= 15 is 0 Å². The highest BCUT2D eigenvalue weighted by Crippen LogP contribution is 2.13. The van der Waals surface area contributed by atoms with Crippen LogP contribution in [0.1, 0.15) is 26.7 Å². The van der Waals surface area contributed by atoms with Crippen LogP contribution in [-0.2, 0) is 9.59 Å². The Morgan fingerprint density at radius 2 is 2.19 bits per heavy atom. The van der Waals surface area contributed by atoms with Gasteiger partial charge in [-0.3, -0.25) is 9.59 Å². The van der Waals surface area contributed by atoms with Crippen molar-refractivity contribution >= 4 is 11.8 Å². The van der Waals surface area contributed by atoms with E-state index in [1.54, 1.807) is 4.90 Å². The van der Waals surface area contributed by atoms with Crippen molar-refractivity contribution in [1.29, 1.82) is 0 Å². The van der Waals surface area contributed by atoms with Gasteiger partial charge in [-0.25, -0.2) is 0 Å². The van der Waals surface area contributed by atoms with Crippen LogP contribution in [0.2, 0.25) is 0 Å². The summed E-state index contributed by atoms with van der Waals surface area (Å²) in [4.78, 5) is 24.6. The molecule has 1 saturated heterocycles. The van der Waals surface area contributed by atoms with E-state index in [-0.39, 0.29) is 24.4 Å². The summed E-state index contributed by atoms with van der Waals surface area (Å²) in [5.74, 6) is -0.534. The summed E-state index contributed by atoms with van der Waals surface area (Å²) in [6.07, 6.45) is 1.98. The minimum absolute atomic E-state index is 0.00694. The summed E-state index contributed by atoms with van der Waals surface area (Å²) in [7, 11) is 0. The van der Waals surface area contributed by atoms with Crippen molar-refractivity contribution in [2.24, 2.45) is 11.7 Å². The molecule has 0 aromatic heterocycles. The Morgan fingerprint density at radius 1 is 1.50 bits per heavy atom. The lowest BCUT2D eigenvalue weighted by molar-refractivity contribution is -0.140. The van der Waals surface area contributed by atoms with E-state index < -0.39 is 5.91 Å². The maximum atomic E-state index is 12.0. The average molecular weight is 227 g/mol. The zero-order valence-electron chi connectivity index (χ0n) is 10.0. The van der Waals surface area contributed by atoms with Crippen molar-refractivity contribution < 1.29 is 9.59 Å². The molecular formula is C11H21N3O2. The summed E-state index contributed by atoms with van der Waals surface area (Å²) in [5.41, 5.74) is 5.18. The molecule has 0 radical (unpaired) electrons. The number of hydrogen-bond acceptors (Lipinski definition) is 3. The minimum atomic E-state index is -0.445. The van der Waals surface area contributed by atoms with Gasteiger partial charge in [0.15, 0.2) is 0 Å². The highest BCUT2D eigenvalue weighted by molar-refractivity contribution is 5.85. The summed E-state index contributed by atoms with van der Waals surface area (Å²) in [6.45, 7) is 5.45. The van der Waals surface area contributed by atoms with Crippen molar-refractivity contribution in [3.05, 3.63) is 0 Å². The normalized spacial score (nSPS) is 20.8. The molecule has 1 unspecified atom stereocenters. The monoisotopic (exact) mass is 227 g/mol. The maximum absolute atomic E-state index is 12.0. The van der Waals surface area contributed by atoms with Gasteiger partial charge in [-0.15, -0.1) is 0 Å². The average Bonchev–Trinajstić information content (AvgIpc) is 2.26. The Labute approximate surface area is 96.4 Å². The van der Waals surface area contributed by atoms with E-state index in [1.807, 2.05) is 13.8 Å². The Balaban J connectivity index is 2.68. The predicted octanol–water partition coefficient (Wildman–Crippen LogP) is -0.292. The molecule has 0 bridgehead atoms. The Kier molecular flexibility index (Phi) is 4.73. The first-order chi connectivity index (χ1) is 7.52. The van der Waals surface area contributed by atoms with Gasteiger partial charge in [0.05, 0.1) is 6.54 Å². The molecule has 0 aromatic rings. The van der Waals surface area contributed by atoms with Gasteiger partial charge in [-0.05, 0) is 19.4 Å². The number of hydrogen-bond donors (Lipinski definition) is 2. The van der Waals surface area contributed by atoms with Gasteiger partial charge in [0.25, 0.3) is 0 Å². The molecule has 0 aliphatic carbocycles. The number of carbonyl (C=O) groups is 2. The minimum Gasteiger partial charge on any atom is -0.368 e. The molecule has 2 amide bonds. The molecule has 0 saturated carbocycles. The lowest BCUT2D eigenvalue weighted by Gasteiger charge is -2.35. The number of rotatable bonds is 4. The van der Waals surface area contributed by atoms with E-state index in [1.165, 1.54) is 0 Å². The SMILES string of the molecule is CC(C)C(=O)N(CC(N)=O)C1CCCNC1. The number of nitrogens with two attached hydrogens (primary N) is 1. The van der Waals surface area contributed by atoms with Gasteiger partial charge in [-0.1, -0.05) is 13.8 Å². The summed E-state index contributed by atoms with van der Waals surface area (Å²) in [6, 6.07) is 0.108. The smallest absolute Gasteiger partial charge is 0.237 e. The molecule has 1 heterocycles. The van der Waals surface area contributed by atoms with Crippen LogP contribution in [0.3, 0.4) is 0 Å². The van der Waals surface area contributed by atoms with Crippen LogP contribution in [0.25, 0.3) is 0 Å². The van der Waals surface area contributed by atoms with Crippen molar-refractivity contribution in [1.82, 2.24) is 10.2 Å². The molecule has 1 atom stereocenters. The van der Waals surface area contributed by atoms with E-state index in [2.05, 4.69) is 5.32 Å². The van der Waals surface area contributed by atoms with Crippen molar-refractivity contribution in [2.75, 3.05) is 19.6 Å². The maximum Gasteiger partial charge on any atom is 0.237 e. The topological polar surface area (TPSA) is 75.4 Å². The molecule has 1 aliphatic rings. The highest BCUT2D eigenvalue weighted by atomic mass is 16.2. The molecule has 0 spiro atoms. The Morgan fingerprint density at radius 3 is 2.62 bits per heavy atom. The van der Waals surface area contributed by atoms with Gasteiger partial charge in [-0.2, -0.15) is 0 Å². The first-order valence-corrected chi connectivity index (χ1v) is 5.82. The van der Waals surface area contributed by atoms with E-state index in [9.17, 15) is 9.59 Å². The summed E-state index contributed by atoms with van der Waals surface area (Å²) in [5, 5.41) is 3.24. The molecule has 16 heavy (non-hydrogen) atoms. The lowest BCUT2D eigenvalue weighted by Crippen LogP contribution is -2.52. The van der Waals surface area contributed by atoms with Crippen molar-refractivity contribution in [3.8, 4) is 0 Å². The third-order valence-electron chi connectivity index (χ3n) is 2.81. The van der Waals surface area contributed by atoms with Gasteiger partial charge in [0.1, 0.15) is 0 Å². The molecule has 1 fully saturated rings. The third-order valence-corrected chi connectivity index (χ3v) is 2.81. The number of primary amides is 1. The van der Waals surface area contributed by atoms with E-state index in [0.717, 1.165) is 25.9 Å². The fourth-order valence-electron chi connectivity index (χ4n) is 1.99. The second kappa shape index (κ2) is 5.84. The molecule has 3 N–H and O–H groups in total. The largest absolute Gasteiger partial charge is 0.368 e. The third kappa shape index (κ3) is 3.48. The fourth-order valence-corrected chi connectivity index (χ4v) is 1.99. The molecule has 92 valence electrons. The number of carbonyl (C=O) groups excluding carboxylic acids is 2. The standard InChI is InChI=1S/C11H21N3O2/c1-8(2)11(16)14(7-10(12)15)9-4-3-5-13-6-9/h8-9,13H,3-7H2,1-2H3,(H2,12,15). The molecular weight excluding hydrogens is 206 g/mol. The molecule has 0 aromatic carbocycles. The van der Waals surface area contributed by atoms with Crippen LogP contribution in [-0.4, -0.2) is 42.4 Å². The van der Waals surface area contributed by atoms with Crippen molar-refractivity contribution in [2.45, 2.75) is 32.7 Å². The van der Waals surface area contributed by atoms with Gasteiger partial charge in [0, 0.05) is 18.5 Å². The van der Waals surface area contributed by atoms with Crippen molar-refractivity contribution in [3.63, 3.8) is 0 Å². The lowest BCUT2D eigenvalue weighted by atomic mass is 10.0.